The van der Waals surface area contributed by atoms with Gasteiger partial charge in [-0.15, -0.1) is 0 Å². The summed E-state index contributed by atoms with van der Waals surface area (Å²) in [6, 6.07) is 0. The number of carbonyl (C=O) groups excluding carboxylic acids is 4. The zero-order chi connectivity index (χ0) is 27.1. The van der Waals surface area contributed by atoms with E-state index in [1.165, 1.54) is 0 Å². The number of hydrogen-bond donors (Lipinski definition) is 0. The summed E-state index contributed by atoms with van der Waals surface area (Å²) in [6.45, 7) is 15.2. The maximum absolute atomic E-state index is 10.8. The molecule has 3 heterocycles. The van der Waals surface area contributed by atoms with Crippen molar-refractivity contribution in [2.24, 2.45) is 5.92 Å². The SMILES string of the molecule is CC.CC1CCC(=O)O1.CCC1CCCC(=O)O1.CCCOC(=O)CC(C)C.O=C1CCCCO1. The molecule has 2 atom stereocenters. The molecule has 3 aliphatic heterocycles. The Morgan fingerprint density at radius 3 is 1.86 bits per heavy atom. The van der Waals surface area contributed by atoms with Gasteiger partial charge in [0.1, 0.15) is 6.10 Å². The minimum Gasteiger partial charge on any atom is -0.466 e. The van der Waals surface area contributed by atoms with E-state index >= 15 is 0 Å². The third kappa shape index (κ3) is 23.4. The molecule has 0 saturated carbocycles. The highest BCUT2D eigenvalue weighted by molar-refractivity contribution is 5.71. The van der Waals surface area contributed by atoms with Gasteiger partial charge in [0.15, 0.2) is 0 Å². The fourth-order valence-electron chi connectivity index (χ4n) is 2.97. The van der Waals surface area contributed by atoms with Crippen LogP contribution in [0.5, 0.6) is 0 Å². The van der Waals surface area contributed by atoms with E-state index in [4.69, 9.17) is 14.2 Å². The van der Waals surface area contributed by atoms with Crippen LogP contribution in [0.4, 0.5) is 0 Å². The molecule has 206 valence electrons. The Labute approximate surface area is 212 Å². The second-order valence-electron chi connectivity index (χ2n) is 8.75. The summed E-state index contributed by atoms with van der Waals surface area (Å²) >= 11 is 0. The molecule has 35 heavy (non-hydrogen) atoms. The normalized spacial score (nSPS) is 20.5. The molecule has 0 aliphatic carbocycles. The van der Waals surface area contributed by atoms with E-state index in [1.54, 1.807) is 0 Å². The summed E-state index contributed by atoms with van der Waals surface area (Å²) in [7, 11) is 0. The zero-order valence-electron chi connectivity index (χ0n) is 23.2. The second kappa shape index (κ2) is 23.6. The summed E-state index contributed by atoms with van der Waals surface area (Å²) < 4.78 is 19.2. The average molecular weight is 503 g/mol. The third-order valence-corrected chi connectivity index (χ3v) is 4.83. The molecule has 0 bridgehead atoms. The molecule has 0 amide bonds. The summed E-state index contributed by atoms with van der Waals surface area (Å²) in [6.07, 6.45) is 9.69. The highest BCUT2D eigenvalue weighted by atomic mass is 16.6. The number of ether oxygens (including phenoxy) is 4. The highest BCUT2D eigenvalue weighted by Gasteiger charge is 2.18. The lowest BCUT2D eigenvalue weighted by Gasteiger charge is -2.20. The molecule has 3 saturated heterocycles. The number of cyclic esters (lactones) is 3. The topological polar surface area (TPSA) is 105 Å². The Morgan fingerprint density at radius 2 is 1.54 bits per heavy atom. The van der Waals surface area contributed by atoms with E-state index in [0.717, 1.165) is 44.9 Å². The number of rotatable bonds is 5. The van der Waals surface area contributed by atoms with Gasteiger partial charge < -0.3 is 18.9 Å². The second-order valence-corrected chi connectivity index (χ2v) is 8.75. The Bertz CT molecular complexity index is 558. The van der Waals surface area contributed by atoms with Crippen LogP contribution in [0, 0.1) is 5.92 Å². The van der Waals surface area contributed by atoms with E-state index in [9.17, 15) is 19.2 Å². The van der Waals surface area contributed by atoms with E-state index in [1.807, 2.05) is 48.5 Å². The molecule has 0 spiro atoms. The molecular weight excluding hydrogens is 452 g/mol. The third-order valence-electron chi connectivity index (χ3n) is 4.83. The molecule has 3 aliphatic rings. The molecule has 0 aromatic carbocycles. The molecule has 0 N–H and O–H groups in total. The van der Waals surface area contributed by atoms with Crippen LogP contribution in [0.25, 0.3) is 0 Å². The van der Waals surface area contributed by atoms with Crippen molar-refractivity contribution >= 4 is 23.9 Å². The van der Waals surface area contributed by atoms with Gasteiger partial charge in [-0.2, -0.15) is 0 Å². The van der Waals surface area contributed by atoms with Crippen molar-refractivity contribution in [3.05, 3.63) is 0 Å². The van der Waals surface area contributed by atoms with Gasteiger partial charge in [-0.3, -0.25) is 19.2 Å². The van der Waals surface area contributed by atoms with Crippen LogP contribution in [0.1, 0.15) is 119 Å². The molecule has 0 aromatic heterocycles. The maximum Gasteiger partial charge on any atom is 0.306 e. The Balaban J connectivity index is 0. The van der Waals surface area contributed by atoms with Crippen molar-refractivity contribution in [1.82, 2.24) is 0 Å². The molecule has 8 nitrogen and oxygen atoms in total. The molecule has 3 rings (SSSR count). The first-order valence-corrected chi connectivity index (χ1v) is 13.4. The quantitative estimate of drug-likeness (QED) is 0.336. The van der Waals surface area contributed by atoms with Crippen LogP contribution in [0.3, 0.4) is 0 Å². The van der Waals surface area contributed by atoms with E-state index < -0.39 is 0 Å². The lowest BCUT2D eigenvalue weighted by molar-refractivity contribution is -0.153. The molecule has 2 unspecified atom stereocenters. The first kappa shape index (κ1) is 35.0. The van der Waals surface area contributed by atoms with Gasteiger partial charge in [0.05, 0.1) is 19.3 Å². The van der Waals surface area contributed by atoms with Crippen molar-refractivity contribution in [2.45, 2.75) is 131 Å². The first-order chi connectivity index (χ1) is 16.7. The maximum atomic E-state index is 10.8. The molecular formula is C27H50O8. The van der Waals surface area contributed by atoms with Crippen molar-refractivity contribution < 1.29 is 38.1 Å². The lowest BCUT2D eigenvalue weighted by atomic mass is 10.1. The van der Waals surface area contributed by atoms with Crippen LogP contribution < -0.4 is 0 Å². The monoisotopic (exact) mass is 502 g/mol. The fraction of sp³-hybridized carbons (Fsp3) is 0.852. The Kier molecular flexibility index (Phi) is 23.6. The van der Waals surface area contributed by atoms with Crippen molar-refractivity contribution in [2.75, 3.05) is 13.2 Å². The molecule has 3 fully saturated rings. The van der Waals surface area contributed by atoms with Crippen molar-refractivity contribution in [1.29, 1.82) is 0 Å². The van der Waals surface area contributed by atoms with Crippen LogP contribution >= 0.6 is 0 Å². The Hall–Kier alpha value is -2.12. The minimum absolute atomic E-state index is 0.0203. The first-order valence-electron chi connectivity index (χ1n) is 13.4. The fourth-order valence-corrected chi connectivity index (χ4v) is 2.97. The standard InChI is InChI=1S/C8H16O2.C7H12O2.2C5H8O2.C2H6/c1-4-5-10-8(9)6-7(2)3;1-2-6-4-3-5-7(8)9-6;1-4-2-3-5(6)7-4;6-5-3-1-2-4-7-5;1-2/h7H,4-6H2,1-3H3;6H,2-5H2,1H3;4H,2-3H2,1H3;1-4H2;1-2H3. The lowest BCUT2D eigenvalue weighted by Crippen LogP contribution is -2.22. The molecule has 0 aromatic rings. The van der Waals surface area contributed by atoms with E-state index in [0.29, 0.717) is 44.8 Å². The Morgan fingerprint density at radius 1 is 0.914 bits per heavy atom. The molecule has 0 radical (unpaired) electrons. The van der Waals surface area contributed by atoms with E-state index in [-0.39, 0.29) is 36.1 Å². The van der Waals surface area contributed by atoms with Gasteiger partial charge >= 0.3 is 23.9 Å². The summed E-state index contributed by atoms with van der Waals surface area (Å²) in [4.78, 5) is 41.9. The average Bonchev–Trinajstić information content (AvgIpc) is 3.22. The van der Waals surface area contributed by atoms with Crippen molar-refractivity contribution in [3.8, 4) is 0 Å². The van der Waals surface area contributed by atoms with Gasteiger partial charge in [0, 0.05) is 25.7 Å². The van der Waals surface area contributed by atoms with Crippen LogP contribution in [0.2, 0.25) is 0 Å². The van der Waals surface area contributed by atoms with Gasteiger partial charge in [-0.1, -0.05) is 41.5 Å². The van der Waals surface area contributed by atoms with E-state index in [2.05, 4.69) is 4.74 Å². The summed E-state index contributed by atoms with van der Waals surface area (Å²) in [5, 5.41) is 0. The summed E-state index contributed by atoms with van der Waals surface area (Å²) in [5.41, 5.74) is 0. The zero-order valence-corrected chi connectivity index (χ0v) is 23.2. The number of hydrogen-bond acceptors (Lipinski definition) is 8. The van der Waals surface area contributed by atoms with Crippen molar-refractivity contribution in [3.63, 3.8) is 0 Å². The molecule has 8 heteroatoms. The van der Waals surface area contributed by atoms with Gasteiger partial charge in [-0.25, -0.2) is 0 Å². The van der Waals surface area contributed by atoms with Gasteiger partial charge in [0.25, 0.3) is 0 Å². The number of esters is 4. The largest absolute Gasteiger partial charge is 0.466 e. The highest BCUT2D eigenvalue weighted by Crippen LogP contribution is 2.15. The predicted octanol–water partition coefficient (Wildman–Crippen LogP) is 5.93. The number of carbonyl (C=O) groups is 4. The predicted molar refractivity (Wildman–Crippen MR) is 136 cm³/mol. The summed E-state index contributed by atoms with van der Waals surface area (Å²) in [5.74, 6) is 0.230. The van der Waals surface area contributed by atoms with Crippen LogP contribution in [-0.2, 0) is 38.1 Å². The van der Waals surface area contributed by atoms with Crippen LogP contribution in [0.15, 0.2) is 0 Å². The van der Waals surface area contributed by atoms with Crippen LogP contribution in [-0.4, -0.2) is 49.3 Å². The van der Waals surface area contributed by atoms with Gasteiger partial charge in [0.2, 0.25) is 0 Å². The van der Waals surface area contributed by atoms with Gasteiger partial charge in [-0.05, 0) is 57.8 Å². The minimum atomic E-state index is -0.0724. The smallest absolute Gasteiger partial charge is 0.306 e.